The molecule has 0 aliphatic heterocycles. The smallest absolute Gasteiger partial charge is 0.0730 e. The van der Waals surface area contributed by atoms with Gasteiger partial charge >= 0.3 is 0 Å². The molecule has 0 saturated carbocycles. The SMILES string of the molecule is Cc1cc(CNCCOCCO)sc1Br. The lowest BCUT2D eigenvalue weighted by Crippen LogP contribution is -2.19. The Morgan fingerprint density at radius 3 is 2.93 bits per heavy atom. The molecule has 5 heteroatoms. The van der Waals surface area contributed by atoms with E-state index < -0.39 is 0 Å². The van der Waals surface area contributed by atoms with Gasteiger partial charge in [0, 0.05) is 18.0 Å². The Labute approximate surface area is 103 Å². The van der Waals surface area contributed by atoms with Crippen LogP contribution in [0.2, 0.25) is 0 Å². The van der Waals surface area contributed by atoms with Crippen molar-refractivity contribution < 1.29 is 9.84 Å². The molecule has 1 heterocycles. The maximum atomic E-state index is 8.49. The van der Waals surface area contributed by atoms with Crippen LogP contribution in [0.4, 0.5) is 0 Å². The first-order valence-electron chi connectivity index (χ1n) is 4.88. The molecule has 0 unspecified atom stereocenters. The van der Waals surface area contributed by atoms with E-state index in [1.807, 2.05) is 0 Å². The summed E-state index contributed by atoms with van der Waals surface area (Å²) >= 11 is 5.25. The summed E-state index contributed by atoms with van der Waals surface area (Å²) in [5, 5.41) is 11.8. The van der Waals surface area contributed by atoms with Crippen LogP contribution in [0, 0.1) is 6.92 Å². The van der Waals surface area contributed by atoms with E-state index in [9.17, 15) is 0 Å². The second-order valence-electron chi connectivity index (χ2n) is 3.18. The van der Waals surface area contributed by atoms with Gasteiger partial charge in [0.25, 0.3) is 0 Å². The fraction of sp³-hybridized carbons (Fsp3) is 0.600. The summed E-state index contributed by atoms with van der Waals surface area (Å²) in [5.74, 6) is 0. The van der Waals surface area contributed by atoms with Crippen LogP contribution in [0.15, 0.2) is 9.85 Å². The van der Waals surface area contributed by atoms with Crippen LogP contribution in [0.25, 0.3) is 0 Å². The number of ether oxygens (including phenoxy) is 1. The molecule has 1 aromatic rings. The van der Waals surface area contributed by atoms with Gasteiger partial charge in [0.05, 0.1) is 23.6 Å². The third-order valence-electron chi connectivity index (χ3n) is 1.87. The van der Waals surface area contributed by atoms with E-state index in [-0.39, 0.29) is 6.61 Å². The summed E-state index contributed by atoms with van der Waals surface area (Å²) in [4.78, 5) is 1.32. The molecule has 86 valence electrons. The van der Waals surface area contributed by atoms with Gasteiger partial charge in [0.15, 0.2) is 0 Å². The van der Waals surface area contributed by atoms with Crippen molar-refractivity contribution in [2.75, 3.05) is 26.4 Å². The number of aliphatic hydroxyl groups is 1. The third-order valence-corrected chi connectivity index (χ3v) is 4.00. The van der Waals surface area contributed by atoms with Gasteiger partial charge in [-0.2, -0.15) is 0 Å². The van der Waals surface area contributed by atoms with Crippen LogP contribution in [0.1, 0.15) is 10.4 Å². The Balaban J connectivity index is 2.10. The Hall–Kier alpha value is 0.0600. The number of rotatable bonds is 7. The molecule has 15 heavy (non-hydrogen) atoms. The van der Waals surface area contributed by atoms with Crippen LogP contribution in [0.3, 0.4) is 0 Å². The first-order chi connectivity index (χ1) is 7.24. The number of aryl methyl sites for hydroxylation is 1. The summed E-state index contributed by atoms with van der Waals surface area (Å²) in [6, 6.07) is 2.18. The van der Waals surface area contributed by atoms with Crippen molar-refractivity contribution in [3.63, 3.8) is 0 Å². The lowest BCUT2D eigenvalue weighted by atomic mass is 10.3. The molecule has 3 nitrogen and oxygen atoms in total. The molecule has 0 atom stereocenters. The van der Waals surface area contributed by atoms with E-state index in [1.165, 1.54) is 14.2 Å². The van der Waals surface area contributed by atoms with E-state index in [1.54, 1.807) is 11.3 Å². The molecule has 2 N–H and O–H groups in total. The molecule has 1 rings (SSSR count). The summed E-state index contributed by atoms with van der Waals surface area (Å²) in [5.41, 5.74) is 1.29. The maximum absolute atomic E-state index is 8.49. The van der Waals surface area contributed by atoms with E-state index in [4.69, 9.17) is 9.84 Å². The Morgan fingerprint density at radius 1 is 1.53 bits per heavy atom. The monoisotopic (exact) mass is 293 g/mol. The van der Waals surface area contributed by atoms with E-state index in [0.717, 1.165) is 13.1 Å². The molecule has 0 amide bonds. The van der Waals surface area contributed by atoms with Gasteiger partial charge in [-0.3, -0.25) is 0 Å². The largest absolute Gasteiger partial charge is 0.394 e. The molecule has 0 aliphatic rings. The zero-order valence-corrected chi connectivity index (χ0v) is 11.2. The van der Waals surface area contributed by atoms with E-state index in [2.05, 4.69) is 34.2 Å². The van der Waals surface area contributed by atoms with Gasteiger partial charge in [-0.05, 0) is 34.5 Å². The fourth-order valence-electron chi connectivity index (χ4n) is 1.13. The highest BCUT2D eigenvalue weighted by Gasteiger charge is 2.01. The van der Waals surface area contributed by atoms with Crippen LogP contribution in [-0.4, -0.2) is 31.5 Å². The van der Waals surface area contributed by atoms with Crippen LogP contribution >= 0.6 is 27.3 Å². The average Bonchev–Trinajstić information content (AvgIpc) is 2.52. The molecule has 0 fully saturated rings. The number of hydrogen-bond acceptors (Lipinski definition) is 4. The zero-order valence-electron chi connectivity index (χ0n) is 8.75. The number of nitrogens with one attached hydrogen (secondary N) is 1. The van der Waals surface area contributed by atoms with Crippen LogP contribution in [-0.2, 0) is 11.3 Å². The topological polar surface area (TPSA) is 41.5 Å². The van der Waals surface area contributed by atoms with Gasteiger partial charge in [0.1, 0.15) is 0 Å². The second kappa shape index (κ2) is 7.35. The molecule has 0 radical (unpaired) electrons. The minimum absolute atomic E-state index is 0.0943. The standard InChI is InChI=1S/C10H16BrNO2S/c1-8-6-9(15-10(8)11)7-12-2-4-14-5-3-13/h6,12-13H,2-5,7H2,1H3. The highest BCUT2D eigenvalue weighted by molar-refractivity contribution is 9.11. The second-order valence-corrected chi connectivity index (χ2v) is 5.64. The quantitative estimate of drug-likeness (QED) is 0.755. The minimum atomic E-state index is 0.0943. The van der Waals surface area contributed by atoms with E-state index >= 15 is 0 Å². The van der Waals surface area contributed by atoms with Gasteiger partial charge in [-0.25, -0.2) is 0 Å². The summed E-state index contributed by atoms with van der Waals surface area (Å²) in [6.45, 7) is 4.94. The normalized spacial score (nSPS) is 10.9. The molecule has 0 saturated heterocycles. The number of halogens is 1. The van der Waals surface area contributed by atoms with Crippen molar-refractivity contribution in [1.82, 2.24) is 5.32 Å². The summed E-state index contributed by atoms with van der Waals surface area (Å²) in [6.07, 6.45) is 0. The molecule has 0 aromatic carbocycles. The predicted molar refractivity (Wildman–Crippen MR) is 66.4 cm³/mol. The highest BCUT2D eigenvalue weighted by atomic mass is 79.9. The summed E-state index contributed by atoms with van der Waals surface area (Å²) in [7, 11) is 0. The lowest BCUT2D eigenvalue weighted by molar-refractivity contribution is 0.0938. The zero-order chi connectivity index (χ0) is 11.1. The van der Waals surface area contributed by atoms with Crippen molar-refractivity contribution in [1.29, 1.82) is 0 Å². The summed E-state index contributed by atoms with van der Waals surface area (Å²) < 4.78 is 6.34. The molecular formula is C10H16BrNO2S. The van der Waals surface area contributed by atoms with Crippen molar-refractivity contribution in [2.45, 2.75) is 13.5 Å². The van der Waals surface area contributed by atoms with Gasteiger partial charge in [0.2, 0.25) is 0 Å². The Bertz CT molecular complexity index is 271. The van der Waals surface area contributed by atoms with Crippen LogP contribution in [0.5, 0.6) is 0 Å². The third kappa shape index (κ3) is 5.08. The number of thiophene rings is 1. The van der Waals surface area contributed by atoms with Gasteiger partial charge in [-0.1, -0.05) is 0 Å². The molecule has 0 bridgehead atoms. The Morgan fingerprint density at radius 2 is 2.33 bits per heavy atom. The van der Waals surface area contributed by atoms with Crippen molar-refractivity contribution in [2.24, 2.45) is 0 Å². The van der Waals surface area contributed by atoms with Gasteiger partial charge in [-0.15, -0.1) is 11.3 Å². The van der Waals surface area contributed by atoms with Crippen LogP contribution < -0.4 is 5.32 Å². The molecule has 0 aliphatic carbocycles. The Kier molecular flexibility index (Phi) is 6.43. The predicted octanol–water partition coefficient (Wildman–Crippen LogP) is 1.92. The first-order valence-corrected chi connectivity index (χ1v) is 6.49. The molecule has 1 aromatic heterocycles. The fourth-order valence-corrected chi connectivity index (χ4v) is 2.73. The van der Waals surface area contributed by atoms with Crippen molar-refractivity contribution in [3.8, 4) is 0 Å². The first kappa shape index (κ1) is 13.1. The number of aliphatic hydroxyl groups excluding tert-OH is 1. The van der Waals surface area contributed by atoms with E-state index in [0.29, 0.717) is 13.2 Å². The number of hydrogen-bond donors (Lipinski definition) is 2. The van der Waals surface area contributed by atoms with Gasteiger partial charge < -0.3 is 15.2 Å². The minimum Gasteiger partial charge on any atom is -0.394 e. The average molecular weight is 294 g/mol. The van der Waals surface area contributed by atoms with Crippen molar-refractivity contribution >= 4 is 27.3 Å². The van der Waals surface area contributed by atoms with Crippen molar-refractivity contribution in [3.05, 3.63) is 20.3 Å². The maximum Gasteiger partial charge on any atom is 0.0730 e. The highest BCUT2D eigenvalue weighted by Crippen LogP contribution is 2.26. The molecule has 0 spiro atoms. The lowest BCUT2D eigenvalue weighted by Gasteiger charge is -2.03. The molecular weight excluding hydrogens is 278 g/mol.